The highest BCUT2D eigenvalue weighted by atomic mass is 16.5. The van der Waals surface area contributed by atoms with Crippen LogP contribution in [-0.4, -0.2) is 31.5 Å². The molecule has 0 saturated heterocycles. The van der Waals surface area contributed by atoms with Gasteiger partial charge in [0.15, 0.2) is 6.61 Å². The van der Waals surface area contributed by atoms with Gasteiger partial charge in [0.2, 0.25) is 0 Å². The lowest BCUT2D eigenvalue weighted by molar-refractivity contribution is -0.130. The van der Waals surface area contributed by atoms with Gasteiger partial charge in [-0.3, -0.25) is 4.79 Å². The molecule has 2 N–H and O–H groups in total. The van der Waals surface area contributed by atoms with Gasteiger partial charge in [-0.05, 0) is 24.1 Å². The van der Waals surface area contributed by atoms with Gasteiger partial charge >= 0.3 is 0 Å². The Labute approximate surface area is 102 Å². The number of benzene rings is 1. The first-order valence-electron chi connectivity index (χ1n) is 5.73. The van der Waals surface area contributed by atoms with E-state index in [1.165, 1.54) is 4.90 Å². The van der Waals surface area contributed by atoms with Gasteiger partial charge in [-0.25, -0.2) is 0 Å². The summed E-state index contributed by atoms with van der Waals surface area (Å²) in [6, 6.07) is 7.61. The molecular weight excluding hydrogens is 216 g/mol. The lowest BCUT2D eigenvalue weighted by Gasteiger charge is -2.12. The van der Waals surface area contributed by atoms with Crippen molar-refractivity contribution in [3.63, 3.8) is 0 Å². The predicted octanol–water partition coefficient (Wildman–Crippen LogP) is 1.56. The second kappa shape index (κ2) is 6.25. The highest BCUT2D eigenvalue weighted by Crippen LogP contribution is 2.18. The van der Waals surface area contributed by atoms with E-state index in [2.05, 4.69) is 0 Å². The Bertz CT molecular complexity index is 360. The summed E-state index contributed by atoms with van der Waals surface area (Å²) in [6.07, 6.45) is 0.902. The van der Waals surface area contributed by atoms with E-state index < -0.39 is 0 Å². The zero-order chi connectivity index (χ0) is 12.8. The fourth-order valence-electron chi connectivity index (χ4n) is 1.32. The van der Waals surface area contributed by atoms with Crippen LogP contribution in [0.4, 0.5) is 0 Å². The summed E-state index contributed by atoms with van der Waals surface area (Å²) in [4.78, 5) is 12.8. The van der Waals surface area contributed by atoms with Gasteiger partial charge in [0, 0.05) is 20.1 Å². The molecule has 1 aromatic carbocycles. The van der Waals surface area contributed by atoms with E-state index in [1.807, 2.05) is 31.2 Å². The van der Waals surface area contributed by atoms with Gasteiger partial charge in [-0.1, -0.05) is 19.1 Å². The SMILES string of the molecule is CC[C@H](N)c1ccc(OCC(=O)N(C)C)cc1. The number of rotatable bonds is 5. The molecule has 0 unspecified atom stereocenters. The molecule has 0 aliphatic heterocycles. The predicted molar refractivity (Wildman–Crippen MR) is 67.9 cm³/mol. The number of carbonyl (C=O) groups excluding carboxylic acids is 1. The molecule has 1 amide bonds. The second-order valence-electron chi connectivity index (χ2n) is 4.16. The van der Waals surface area contributed by atoms with Crippen LogP contribution in [0.15, 0.2) is 24.3 Å². The van der Waals surface area contributed by atoms with E-state index >= 15 is 0 Å². The van der Waals surface area contributed by atoms with Crippen molar-refractivity contribution in [2.75, 3.05) is 20.7 Å². The van der Waals surface area contributed by atoms with E-state index in [-0.39, 0.29) is 18.6 Å². The molecule has 4 heteroatoms. The standard InChI is InChI=1S/C13H20N2O2/c1-4-12(14)10-5-7-11(8-6-10)17-9-13(16)15(2)3/h5-8,12H,4,9,14H2,1-3H3/t12-/m0/s1. The normalized spacial score (nSPS) is 12.0. The van der Waals surface area contributed by atoms with Crippen molar-refractivity contribution >= 4 is 5.91 Å². The van der Waals surface area contributed by atoms with Crippen LogP contribution < -0.4 is 10.5 Å². The zero-order valence-corrected chi connectivity index (χ0v) is 10.6. The number of likely N-dealkylation sites (N-methyl/N-ethyl adjacent to an activating group) is 1. The molecule has 0 spiro atoms. The van der Waals surface area contributed by atoms with E-state index in [0.717, 1.165) is 12.0 Å². The first-order valence-corrected chi connectivity index (χ1v) is 5.73. The molecule has 0 saturated carbocycles. The molecule has 0 radical (unpaired) electrons. The van der Waals surface area contributed by atoms with Gasteiger partial charge in [0.05, 0.1) is 0 Å². The van der Waals surface area contributed by atoms with Crippen molar-refractivity contribution in [3.8, 4) is 5.75 Å². The molecular formula is C13H20N2O2. The van der Waals surface area contributed by atoms with Crippen molar-refractivity contribution in [3.05, 3.63) is 29.8 Å². The Morgan fingerprint density at radius 1 is 1.35 bits per heavy atom. The molecule has 0 aliphatic carbocycles. The number of nitrogens with two attached hydrogens (primary N) is 1. The lowest BCUT2D eigenvalue weighted by atomic mass is 10.1. The highest BCUT2D eigenvalue weighted by molar-refractivity contribution is 5.77. The minimum Gasteiger partial charge on any atom is -0.484 e. The maximum absolute atomic E-state index is 11.3. The maximum atomic E-state index is 11.3. The maximum Gasteiger partial charge on any atom is 0.259 e. The van der Waals surface area contributed by atoms with Crippen LogP contribution in [0.25, 0.3) is 0 Å². The smallest absolute Gasteiger partial charge is 0.259 e. The van der Waals surface area contributed by atoms with Crippen LogP contribution >= 0.6 is 0 Å². The first kappa shape index (κ1) is 13.5. The summed E-state index contributed by atoms with van der Waals surface area (Å²) in [5.41, 5.74) is 6.99. The van der Waals surface area contributed by atoms with Crippen molar-refractivity contribution in [2.24, 2.45) is 5.73 Å². The summed E-state index contributed by atoms with van der Waals surface area (Å²) in [7, 11) is 3.41. The van der Waals surface area contributed by atoms with E-state index in [9.17, 15) is 4.79 Å². The molecule has 0 bridgehead atoms. The molecule has 4 nitrogen and oxygen atoms in total. The van der Waals surface area contributed by atoms with Gasteiger partial charge in [0.25, 0.3) is 5.91 Å². The van der Waals surface area contributed by atoms with Crippen LogP contribution in [0, 0.1) is 0 Å². The molecule has 1 aromatic rings. The Morgan fingerprint density at radius 3 is 2.41 bits per heavy atom. The number of ether oxygens (including phenoxy) is 1. The number of hydrogen-bond donors (Lipinski definition) is 1. The molecule has 94 valence electrons. The van der Waals surface area contributed by atoms with Crippen molar-refractivity contribution in [1.29, 1.82) is 0 Å². The largest absolute Gasteiger partial charge is 0.484 e. The van der Waals surface area contributed by atoms with E-state index in [1.54, 1.807) is 14.1 Å². The highest BCUT2D eigenvalue weighted by Gasteiger charge is 2.06. The van der Waals surface area contributed by atoms with Crippen molar-refractivity contribution in [2.45, 2.75) is 19.4 Å². The summed E-state index contributed by atoms with van der Waals surface area (Å²) >= 11 is 0. The van der Waals surface area contributed by atoms with Crippen molar-refractivity contribution < 1.29 is 9.53 Å². The Kier molecular flexibility index (Phi) is 4.97. The van der Waals surface area contributed by atoms with Gasteiger partial charge < -0.3 is 15.4 Å². The van der Waals surface area contributed by atoms with E-state index in [4.69, 9.17) is 10.5 Å². The molecule has 0 heterocycles. The fraction of sp³-hybridized carbons (Fsp3) is 0.462. The summed E-state index contributed by atoms with van der Waals surface area (Å²) in [5.74, 6) is 0.631. The number of nitrogens with zero attached hydrogens (tertiary/aromatic N) is 1. The fourth-order valence-corrected chi connectivity index (χ4v) is 1.32. The van der Waals surface area contributed by atoms with Crippen LogP contribution in [-0.2, 0) is 4.79 Å². The average Bonchev–Trinajstić information content (AvgIpc) is 2.35. The first-order chi connectivity index (χ1) is 8.04. The third-order valence-corrected chi connectivity index (χ3v) is 2.61. The minimum atomic E-state index is -0.0562. The summed E-state index contributed by atoms with van der Waals surface area (Å²) < 4.78 is 5.37. The van der Waals surface area contributed by atoms with E-state index in [0.29, 0.717) is 5.75 Å². The Hall–Kier alpha value is -1.55. The summed E-state index contributed by atoms with van der Waals surface area (Å²) in [6.45, 7) is 2.11. The van der Waals surface area contributed by atoms with Crippen LogP contribution in [0.1, 0.15) is 24.9 Å². The Morgan fingerprint density at radius 2 is 1.94 bits per heavy atom. The molecule has 0 aliphatic rings. The van der Waals surface area contributed by atoms with Crippen LogP contribution in [0.3, 0.4) is 0 Å². The molecule has 17 heavy (non-hydrogen) atoms. The molecule has 1 atom stereocenters. The summed E-state index contributed by atoms with van der Waals surface area (Å²) in [5, 5.41) is 0. The van der Waals surface area contributed by atoms with Crippen molar-refractivity contribution in [1.82, 2.24) is 4.90 Å². The zero-order valence-electron chi connectivity index (χ0n) is 10.6. The third-order valence-electron chi connectivity index (χ3n) is 2.61. The minimum absolute atomic E-state index is 0.0562. The van der Waals surface area contributed by atoms with Gasteiger partial charge in [-0.15, -0.1) is 0 Å². The molecule has 0 aromatic heterocycles. The lowest BCUT2D eigenvalue weighted by Crippen LogP contribution is -2.27. The quantitative estimate of drug-likeness (QED) is 0.844. The van der Waals surface area contributed by atoms with Crippen LogP contribution in [0.5, 0.6) is 5.75 Å². The number of hydrogen-bond acceptors (Lipinski definition) is 3. The van der Waals surface area contributed by atoms with Crippen LogP contribution in [0.2, 0.25) is 0 Å². The topological polar surface area (TPSA) is 55.6 Å². The second-order valence-corrected chi connectivity index (χ2v) is 4.16. The Balaban J connectivity index is 2.54. The van der Waals surface area contributed by atoms with Gasteiger partial charge in [0.1, 0.15) is 5.75 Å². The van der Waals surface area contributed by atoms with Gasteiger partial charge in [-0.2, -0.15) is 0 Å². The molecule has 1 rings (SSSR count). The average molecular weight is 236 g/mol. The molecule has 0 fully saturated rings. The number of amides is 1. The monoisotopic (exact) mass is 236 g/mol. The number of carbonyl (C=O) groups is 1. The third kappa shape index (κ3) is 4.07.